The molecule has 6 nitrogen and oxygen atoms in total. The van der Waals surface area contributed by atoms with Gasteiger partial charge in [0, 0.05) is 27.4 Å². The number of esters is 2. The molecule has 1 unspecified atom stereocenters. The molecule has 1 fully saturated rings. The summed E-state index contributed by atoms with van der Waals surface area (Å²) in [7, 11) is 0. The van der Waals surface area contributed by atoms with Crippen molar-refractivity contribution in [3.05, 3.63) is 62.9 Å². The molecule has 1 aliphatic carbocycles. The first-order valence-electron chi connectivity index (χ1n) is 11.2. The molecular formula is C25H27ClN2O4S. The van der Waals surface area contributed by atoms with Crippen LogP contribution in [0.2, 0.25) is 5.02 Å². The van der Waals surface area contributed by atoms with Crippen LogP contribution >= 0.6 is 22.9 Å². The van der Waals surface area contributed by atoms with Crippen LogP contribution in [0.15, 0.2) is 52.2 Å². The highest BCUT2D eigenvalue weighted by Gasteiger charge is 2.40. The Hall–Kier alpha value is -2.64. The summed E-state index contributed by atoms with van der Waals surface area (Å²) in [4.78, 5) is 31.2. The quantitative estimate of drug-likeness (QED) is 0.524. The van der Waals surface area contributed by atoms with Crippen LogP contribution in [0.5, 0.6) is 0 Å². The zero-order valence-corrected chi connectivity index (χ0v) is 20.5. The van der Waals surface area contributed by atoms with Gasteiger partial charge in [-0.3, -0.25) is 0 Å². The number of carbonyl (C=O) groups excluding carboxylic acids is 2. The Morgan fingerprint density at radius 3 is 2.36 bits per heavy atom. The first kappa shape index (κ1) is 23.5. The van der Waals surface area contributed by atoms with Gasteiger partial charge in [0.15, 0.2) is 0 Å². The summed E-state index contributed by atoms with van der Waals surface area (Å²) < 4.78 is 11.2. The maximum absolute atomic E-state index is 13.4. The van der Waals surface area contributed by atoms with E-state index in [1.807, 2.05) is 43.5 Å². The van der Waals surface area contributed by atoms with Crippen LogP contribution < -0.4 is 5.32 Å². The lowest BCUT2D eigenvalue weighted by molar-refractivity contribution is -0.144. The SMILES string of the molecule is CCOC(=O)C1=C(C)NC(C)=C(C(=O)OC2CCCC2)C1c1csc(-c2ccc(Cl)cc2)n1. The minimum atomic E-state index is -0.670. The van der Waals surface area contributed by atoms with Crippen LogP contribution in [0, 0.1) is 0 Å². The summed E-state index contributed by atoms with van der Waals surface area (Å²) >= 11 is 7.48. The highest BCUT2D eigenvalue weighted by molar-refractivity contribution is 7.13. The van der Waals surface area contributed by atoms with E-state index in [0.717, 1.165) is 36.3 Å². The molecule has 1 aromatic heterocycles. The summed E-state index contributed by atoms with van der Waals surface area (Å²) in [6.45, 7) is 5.64. The lowest BCUT2D eigenvalue weighted by Crippen LogP contribution is -2.33. The van der Waals surface area contributed by atoms with Gasteiger partial charge in [-0.05, 0) is 58.6 Å². The first-order valence-corrected chi connectivity index (χ1v) is 12.4. The lowest BCUT2D eigenvalue weighted by atomic mass is 9.83. The average molecular weight is 487 g/mol. The molecule has 2 aromatic rings. The number of benzene rings is 1. The predicted molar refractivity (Wildman–Crippen MR) is 129 cm³/mol. The standard InChI is InChI=1S/C25H27ClN2O4S/c1-4-31-24(29)20-14(2)27-15(3)21(25(30)32-18-7-5-6-8-18)22(20)19-13-33-23(28-19)16-9-11-17(26)12-10-16/h9-13,18,22,27H,4-8H2,1-3H3. The van der Waals surface area contributed by atoms with Crippen LogP contribution in [-0.4, -0.2) is 29.6 Å². The molecule has 2 aliphatic rings. The molecule has 0 spiro atoms. The molecule has 1 N–H and O–H groups in total. The fraction of sp³-hybridized carbons (Fsp3) is 0.400. The van der Waals surface area contributed by atoms with Crippen LogP contribution in [0.1, 0.15) is 58.1 Å². The van der Waals surface area contributed by atoms with E-state index in [2.05, 4.69) is 5.32 Å². The second-order valence-electron chi connectivity index (χ2n) is 8.25. The summed E-state index contributed by atoms with van der Waals surface area (Å²) in [5.41, 5.74) is 3.63. The number of dihydropyridines is 1. The molecular weight excluding hydrogens is 460 g/mol. The fourth-order valence-electron chi connectivity index (χ4n) is 4.40. The third-order valence-corrected chi connectivity index (χ3v) is 7.12. The van der Waals surface area contributed by atoms with Crippen molar-refractivity contribution in [1.29, 1.82) is 0 Å². The average Bonchev–Trinajstić information content (AvgIpc) is 3.46. The van der Waals surface area contributed by atoms with Gasteiger partial charge in [0.25, 0.3) is 0 Å². The number of ether oxygens (including phenoxy) is 2. The number of hydrogen-bond acceptors (Lipinski definition) is 7. The topological polar surface area (TPSA) is 77.5 Å². The fourth-order valence-corrected chi connectivity index (χ4v) is 5.38. The molecule has 1 aliphatic heterocycles. The van der Waals surface area contributed by atoms with E-state index in [4.69, 9.17) is 26.1 Å². The highest BCUT2D eigenvalue weighted by atomic mass is 35.5. The number of rotatable bonds is 6. The maximum Gasteiger partial charge on any atom is 0.337 e. The van der Waals surface area contributed by atoms with Crippen molar-refractivity contribution < 1.29 is 19.1 Å². The minimum absolute atomic E-state index is 0.0865. The van der Waals surface area contributed by atoms with Crippen LogP contribution in [0.3, 0.4) is 0 Å². The molecule has 0 radical (unpaired) electrons. The number of nitrogens with zero attached hydrogens (tertiary/aromatic N) is 1. The van der Waals surface area contributed by atoms with Gasteiger partial charge in [0.1, 0.15) is 11.1 Å². The molecule has 0 amide bonds. The van der Waals surface area contributed by atoms with Crippen LogP contribution in [0.25, 0.3) is 10.6 Å². The van der Waals surface area contributed by atoms with E-state index in [9.17, 15) is 9.59 Å². The van der Waals surface area contributed by atoms with E-state index in [1.54, 1.807) is 6.92 Å². The molecule has 174 valence electrons. The van der Waals surface area contributed by atoms with Crippen molar-refractivity contribution in [2.45, 2.75) is 58.5 Å². The number of aromatic nitrogens is 1. The molecule has 0 bridgehead atoms. The molecule has 1 aromatic carbocycles. The molecule has 1 saturated carbocycles. The number of halogens is 1. The summed E-state index contributed by atoms with van der Waals surface area (Å²) in [5.74, 6) is -1.55. The van der Waals surface area contributed by atoms with Crippen molar-refractivity contribution in [3.8, 4) is 10.6 Å². The monoisotopic (exact) mass is 486 g/mol. The largest absolute Gasteiger partial charge is 0.463 e. The number of nitrogens with one attached hydrogen (secondary N) is 1. The Kier molecular flexibility index (Phi) is 7.20. The second-order valence-corrected chi connectivity index (χ2v) is 9.55. The van der Waals surface area contributed by atoms with Crippen molar-refractivity contribution in [1.82, 2.24) is 10.3 Å². The normalized spacial score (nSPS) is 19.0. The van der Waals surface area contributed by atoms with Crippen molar-refractivity contribution in [2.75, 3.05) is 6.61 Å². The first-order chi connectivity index (χ1) is 15.9. The Labute approximate surface area is 202 Å². The van der Waals surface area contributed by atoms with Crippen molar-refractivity contribution in [3.63, 3.8) is 0 Å². The van der Waals surface area contributed by atoms with Crippen LogP contribution in [-0.2, 0) is 19.1 Å². The van der Waals surface area contributed by atoms with Crippen molar-refractivity contribution in [2.24, 2.45) is 0 Å². The zero-order chi connectivity index (χ0) is 23.5. The van der Waals surface area contributed by atoms with Crippen LogP contribution in [0.4, 0.5) is 0 Å². The van der Waals surface area contributed by atoms with Crippen molar-refractivity contribution >= 4 is 34.9 Å². The third kappa shape index (κ3) is 4.99. The zero-order valence-electron chi connectivity index (χ0n) is 18.9. The number of hydrogen-bond donors (Lipinski definition) is 1. The molecule has 1 atom stereocenters. The Balaban J connectivity index is 1.75. The summed E-state index contributed by atoms with van der Waals surface area (Å²) in [6, 6.07) is 7.42. The highest BCUT2D eigenvalue weighted by Crippen LogP contribution is 2.41. The third-order valence-electron chi connectivity index (χ3n) is 5.96. The van der Waals surface area contributed by atoms with E-state index >= 15 is 0 Å². The molecule has 8 heteroatoms. The Morgan fingerprint density at radius 1 is 1.09 bits per heavy atom. The van der Waals surface area contributed by atoms with Gasteiger partial charge < -0.3 is 14.8 Å². The van der Waals surface area contributed by atoms with E-state index < -0.39 is 17.9 Å². The number of allylic oxidation sites excluding steroid dienone is 2. The minimum Gasteiger partial charge on any atom is -0.463 e. The van der Waals surface area contributed by atoms with Gasteiger partial charge in [-0.2, -0.15) is 0 Å². The Bertz CT molecular complexity index is 1110. The summed E-state index contributed by atoms with van der Waals surface area (Å²) in [6.07, 6.45) is 3.76. The second kappa shape index (κ2) is 10.1. The smallest absolute Gasteiger partial charge is 0.337 e. The van der Waals surface area contributed by atoms with Gasteiger partial charge in [0.05, 0.1) is 29.4 Å². The molecule has 4 rings (SSSR count). The van der Waals surface area contributed by atoms with Gasteiger partial charge in [-0.1, -0.05) is 23.7 Å². The van der Waals surface area contributed by atoms with Gasteiger partial charge in [-0.15, -0.1) is 11.3 Å². The molecule has 0 saturated heterocycles. The van der Waals surface area contributed by atoms with E-state index in [1.165, 1.54) is 11.3 Å². The Morgan fingerprint density at radius 2 is 1.73 bits per heavy atom. The van der Waals surface area contributed by atoms with E-state index in [-0.39, 0.29) is 12.7 Å². The molecule has 33 heavy (non-hydrogen) atoms. The summed E-state index contributed by atoms with van der Waals surface area (Å²) in [5, 5.41) is 6.50. The lowest BCUT2D eigenvalue weighted by Gasteiger charge is -2.29. The van der Waals surface area contributed by atoms with E-state index in [0.29, 0.717) is 33.3 Å². The molecule has 2 heterocycles. The van der Waals surface area contributed by atoms with Gasteiger partial charge in [0.2, 0.25) is 0 Å². The van der Waals surface area contributed by atoms with Gasteiger partial charge >= 0.3 is 11.9 Å². The predicted octanol–water partition coefficient (Wildman–Crippen LogP) is 5.75. The number of carbonyl (C=O) groups is 2. The number of thiazole rings is 1. The van der Waals surface area contributed by atoms with Gasteiger partial charge in [-0.25, -0.2) is 14.6 Å². The maximum atomic E-state index is 13.4.